The minimum Gasteiger partial charge on any atom is -0.301 e. The molecule has 2 fully saturated rings. The summed E-state index contributed by atoms with van der Waals surface area (Å²) >= 11 is 2.13. The van der Waals surface area contributed by atoms with E-state index in [2.05, 4.69) is 42.9 Å². The van der Waals surface area contributed by atoms with Gasteiger partial charge in [0, 0.05) is 18.6 Å². The zero-order valence-corrected chi connectivity index (χ0v) is 9.66. The number of rotatable bonds is 0. The third-order valence-corrected chi connectivity index (χ3v) is 4.73. The SMILES string of the molecule is CC1CCSC2(CC(C)N(C)C2)N1. The van der Waals surface area contributed by atoms with Crippen molar-refractivity contribution in [3.05, 3.63) is 0 Å². The number of nitrogens with zero attached hydrogens (tertiary/aromatic N) is 1. The summed E-state index contributed by atoms with van der Waals surface area (Å²) in [6, 6.07) is 1.45. The number of likely N-dealkylation sites (tertiary alicyclic amines) is 1. The van der Waals surface area contributed by atoms with E-state index in [9.17, 15) is 0 Å². The number of hydrogen-bond donors (Lipinski definition) is 1. The molecule has 0 radical (unpaired) electrons. The summed E-state index contributed by atoms with van der Waals surface area (Å²) in [7, 11) is 2.24. The zero-order valence-electron chi connectivity index (χ0n) is 8.84. The van der Waals surface area contributed by atoms with Crippen molar-refractivity contribution in [1.82, 2.24) is 10.2 Å². The topological polar surface area (TPSA) is 15.3 Å². The van der Waals surface area contributed by atoms with Gasteiger partial charge in [-0.15, -0.1) is 11.8 Å². The van der Waals surface area contributed by atoms with Gasteiger partial charge in [0.05, 0.1) is 4.87 Å². The second kappa shape index (κ2) is 3.44. The third-order valence-electron chi connectivity index (χ3n) is 3.32. The molecule has 0 aromatic carbocycles. The van der Waals surface area contributed by atoms with Gasteiger partial charge >= 0.3 is 0 Å². The van der Waals surface area contributed by atoms with Gasteiger partial charge in [-0.25, -0.2) is 0 Å². The Hall–Kier alpha value is 0.270. The maximum Gasteiger partial charge on any atom is 0.0790 e. The van der Waals surface area contributed by atoms with Crippen LogP contribution in [0.3, 0.4) is 0 Å². The smallest absolute Gasteiger partial charge is 0.0790 e. The second-order valence-corrected chi connectivity index (χ2v) is 6.12. The summed E-state index contributed by atoms with van der Waals surface area (Å²) < 4.78 is 0. The summed E-state index contributed by atoms with van der Waals surface area (Å²) in [5, 5.41) is 3.77. The van der Waals surface area contributed by atoms with E-state index < -0.39 is 0 Å². The predicted octanol–water partition coefficient (Wildman–Crippen LogP) is 1.52. The third kappa shape index (κ3) is 1.88. The van der Waals surface area contributed by atoms with Crippen molar-refractivity contribution in [3.63, 3.8) is 0 Å². The van der Waals surface area contributed by atoms with Gasteiger partial charge in [0.15, 0.2) is 0 Å². The van der Waals surface area contributed by atoms with Crippen LogP contribution in [-0.4, -0.2) is 41.2 Å². The number of likely N-dealkylation sites (N-methyl/N-ethyl adjacent to an activating group) is 1. The van der Waals surface area contributed by atoms with Gasteiger partial charge in [0.2, 0.25) is 0 Å². The molecule has 0 aromatic rings. The van der Waals surface area contributed by atoms with Crippen molar-refractivity contribution in [2.45, 2.75) is 43.6 Å². The molecule has 3 atom stereocenters. The minimum atomic E-state index is 0.381. The second-order valence-electron chi connectivity index (χ2n) is 4.65. The predicted molar refractivity (Wildman–Crippen MR) is 59.1 cm³/mol. The summed E-state index contributed by atoms with van der Waals surface area (Å²) in [5.74, 6) is 1.33. The van der Waals surface area contributed by atoms with Crippen LogP contribution in [-0.2, 0) is 0 Å². The Kier molecular flexibility index (Phi) is 2.60. The van der Waals surface area contributed by atoms with E-state index in [0.717, 1.165) is 6.04 Å². The summed E-state index contributed by atoms with van der Waals surface area (Å²) in [6.07, 6.45) is 2.63. The quantitative estimate of drug-likeness (QED) is 0.638. The summed E-state index contributed by atoms with van der Waals surface area (Å²) in [6.45, 7) is 5.85. The Morgan fingerprint density at radius 3 is 2.77 bits per heavy atom. The fraction of sp³-hybridized carbons (Fsp3) is 1.00. The molecule has 2 aliphatic rings. The van der Waals surface area contributed by atoms with Crippen LogP contribution in [0.5, 0.6) is 0 Å². The van der Waals surface area contributed by atoms with Crippen LogP contribution in [0, 0.1) is 0 Å². The molecule has 0 bridgehead atoms. The average Bonchev–Trinajstić information content (AvgIpc) is 2.26. The number of hydrogen-bond acceptors (Lipinski definition) is 3. The standard InChI is InChI=1S/C10H20N2S/c1-8-4-5-13-10(11-8)6-9(2)12(3)7-10/h8-9,11H,4-7H2,1-3H3. The molecule has 3 heteroatoms. The van der Waals surface area contributed by atoms with Crippen molar-refractivity contribution < 1.29 is 0 Å². The lowest BCUT2D eigenvalue weighted by Crippen LogP contribution is -2.51. The van der Waals surface area contributed by atoms with E-state index in [-0.39, 0.29) is 0 Å². The molecule has 76 valence electrons. The molecule has 0 amide bonds. The Morgan fingerprint density at radius 2 is 2.23 bits per heavy atom. The molecular formula is C10H20N2S. The van der Waals surface area contributed by atoms with Gasteiger partial charge in [0.25, 0.3) is 0 Å². The van der Waals surface area contributed by atoms with E-state index in [1.54, 1.807) is 0 Å². The van der Waals surface area contributed by atoms with Crippen molar-refractivity contribution >= 4 is 11.8 Å². The van der Waals surface area contributed by atoms with Crippen molar-refractivity contribution in [2.24, 2.45) is 0 Å². The lowest BCUT2D eigenvalue weighted by molar-refractivity contribution is 0.318. The first kappa shape index (κ1) is 9.81. The van der Waals surface area contributed by atoms with Crippen LogP contribution >= 0.6 is 11.8 Å². The lowest BCUT2D eigenvalue weighted by atomic mass is 10.1. The molecule has 2 aliphatic heterocycles. The van der Waals surface area contributed by atoms with Crippen molar-refractivity contribution in [1.29, 1.82) is 0 Å². The van der Waals surface area contributed by atoms with Crippen LogP contribution < -0.4 is 5.32 Å². The molecule has 2 rings (SSSR count). The molecule has 3 unspecified atom stereocenters. The molecule has 2 nitrogen and oxygen atoms in total. The van der Waals surface area contributed by atoms with E-state index in [1.807, 2.05) is 0 Å². The van der Waals surface area contributed by atoms with Gasteiger partial charge in [-0.3, -0.25) is 5.32 Å². The lowest BCUT2D eigenvalue weighted by Gasteiger charge is -2.37. The number of thioether (sulfide) groups is 1. The Labute approximate surface area is 85.4 Å². The molecule has 13 heavy (non-hydrogen) atoms. The van der Waals surface area contributed by atoms with Crippen LogP contribution in [0.1, 0.15) is 26.7 Å². The fourth-order valence-corrected chi connectivity index (χ4v) is 4.26. The molecule has 0 aromatic heterocycles. The van der Waals surface area contributed by atoms with Gasteiger partial charge in [-0.05, 0) is 39.5 Å². The zero-order chi connectivity index (χ0) is 9.47. The van der Waals surface area contributed by atoms with Crippen LogP contribution in [0.15, 0.2) is 0 Å². The molecular weight excluding hydrogens is 180 g/mol. The molecule has 0 saturated carbocycles. The van der Waals surface area contributed by atoms with Gasteiger partial charge in [-0.2, -0.15) is 0 Å². The van der Waals surface area contributed by atoms with Crippen molar-refractivity contribution in [3.8, 4) is 0 Å². The molecule has 0 aliphatic carbocycles. The molecule has 1 spiro atoms. The van der Waals surface area contributed by atoms with Gasteiger partial charge in [-0.1, -0.05) is 0 Å². The van der Waals surface area contributed by atoms with Crippen LogP contribution in [0.4, 0.5) is 0 Å². The summed E-state index contributed by atoms with van der Waals surface area (Å²) in [5.41, 5.74) is 0. The normalized spacial score (nSPS) is 47.3. The Morgan fingerprint density at radius 1 is 1.46 bits per heavy atom. The first-order valence-corrected chi connectivity index (χ1v) is 6.22. The maximum atomic E-state index is 3.77. The largest absolute Gasteiger partial charge is 0.301 e. The first-order chi connectivity index (χ1) is 6.11. The highest BCUT2D eigenvalue weighted by Crippen LogP contribution is 2.39. The van der Waals surface area contributed by atoms with E-state index in [0.29, 0.717) is 10.9 Å². The fourth-order valence-electron chi connectivity index (χ4n) is 2.46. The van der Waals surface area contributed by atoms with E-state index >= 15 is 0 Å². The number of nitrogens with one attached hydrogen (secondary N) is 1. The van der Waals surface area contributed by atoms with Gasteiger partial charge < -0.3 is 4.90 Å². The highest BCUT2D eigenvalue weighted by molar-refractivity contribution is 8.00. The highest BCUT2D eigenvalue weighted by atomic mass is 32.2. The van der Waals surface area contributed by atoms with Crippen LogP contribution in [0.25, 0.3) is 0 Å². The first-order valence-electron chi connectivity index (χ1n) is 5.23. The van der Waals surface area contributed by atoms with Crippen LogP contribution in [0.2, 0.25) is 0 Å². The summed E-state index contributed by atoms with van der Waals surface area (Å²) in [4.78, 5) is 2.85. The molecule has 2 saturated heterocycles. The molecule has 1 N–H and O–H groups in total. The Balaban J connectivity index is 2.04. The van der Waals surface area contributed by atoms with E-state index in [1.165, 1.54) is 25.1 Å². The minimum absolute atomic E-state index is 0.381. The average molecular weight is 200 g/mol. The Bertz CT molecular complexity index is 180. The van der Waals surface area contributed by atoms with E-state index in [4.69, 9.17) is 0 Å². The monoisotopic (exact) mass is 200 g/mol. The van der Waals surface area contributed by atoms with Crippen molar-refractivity contribution in [2.75, 3.05) is 19.3 Å². The maximum absolute atomic E-state index is 3.77. The molecule has 2 heterocycles. The van der Waals surface area contributed by atoms with Gasteiger partial charge in [0.1, 0.15) is 0 Å². The highest BCUT2D eigenvalue weighted by Gasteiger charge is 2.43.